The Morgan fingerprint density at radius 2 is 1.73 bits per heavy atom. The topological polar surface area (TPSA) is 88.2 Å². The summed E-state index contributed by atoms with van der Waals surface area (Å²) in [6.45, 7) is 3.97. The average Bonchev–Trinajstić information content (AvgIpc) is 2.76. The molecule has 0 spiro atoms. The smallest absolute Gasteiger partial charge is 0.261 e. The zero-order valence-electron chi connectivity index (χ0n) is 16.7. The van der Waals surface area contributed by atoms with E-state index in [2.05, 4.69) is 15.0 Å². The van der Waals surface area contributed by atoms with Crippen molar-refractivity contribution in [3.63, 3.8) is 0 Å². The molecule has 2 aromatic carbocycles. The maximum Gasteiger partial charge on any atom is 0.261 e. The molecule has 0 saturated heterocycles. The van der Waals surface area contributed by atoms with Crippen LogP contribution in [0.3, 0.4) is 0 Å². The van der Waals surface area contributed by atoms with Crippen molar-refractivity contribution < 1.29 is 13.2 Å². The third-order valence-corrected chi connectivity index (χ3v) is 6.73. The lowest BCUT2D eigenvalue weighted by atomic mass is 10.2. The van der Waals surface area contributed by atoms with Gasteiger partial charge in [-0.15, -0.1) is 0 Å². The highest BCUT2D eigenvalue weighted by Crippen LogP contribution is 2.27. The quantitative estimate of drug-likeness (QED) is 0.535. The first-order valence-corrected chi connectivity index (χ1v) is 11.8. The van der Waals surface area contributed by atoms with E-state index in [1.807, 2.05) is 26.0 Å². The number of hydrogen-bond donors (Lipinski definition) is 2. The highest BCUT2D eigenvalue weighted by atomic mass is 32.2. The number of aromatic nitrogens is 1. The summed E-state index contributed by atoms with van der Waals surface area (Å²) in [5.74, 6) is -0.136. The standard InChI is InChI=1S/C22H23N3O3S2/c1-3-16(2)24-22(26)17-9-14-21(23-15-17)29-19-12-10-18(11-13-19)25-30(27,28)20-7-5-4-6-8-20/h4-16,25H,3H2,1-2H3,(H,24,26)/t16-/m0/s1. The summed E-state index contributed by atoms with van der Waals surface area (Å²) in [5.41, 5.74) is 0.999. The van der Waals surface area contributed by atoms with E-state index in [4.69, 9.17) is 0 Å². The fourth-order valence-electron chi connectivity index (χ4n) is 2.51. The number of benzene rings is 2. The lowest BCUT2D eigenvalue weighted by Gasteiger charge is -2.11. The summed E-state index contributed by atoms with van der Waals surface area (Å²) < 4.78 is 27.4. The van der Waals surface area contributed by atoms with E-state index in [1.165, 1.54) is 11.8 Å². The van der Waals surface area contributed by atoms with Crippen molar-refractivity contribution in [1.29, 1.82) is 0 Å². The summed E-state index contributed by atoms with van der Waals surface area (Å²) in [6.07, 6.45) is 2.42. The van der Waals surface area contributed by atoms with Gasteiger partial charge in [-0.1, -0.05) is 36.9 Å². The van der Waals surface area contributed by atoms with Gasteiger partial charge in [0.05, 0.1) is 10.5 Å². The van der Waals surface area contributed by atoms with Crippen LogP contribution in [-0.4, -0.2) is 25.4 Å². The van der Waals surface area contributed by atoms with Crippen LogP contribution in [0.25, 0.3) is 0 Å². The number of nitrogens with one attached hydrogen (secondary N) is 2. The number of rotatable bonds is 8. The minimum Gasteiger partial charge on any atom is -0.350 e. The van der Waals surface area contributed by atoms with Gasteiger partial charge in [-0.3, -0.25) is 9.52 Å². The SMILES string of the molecule is CC[C@H](C)NC(=O)c1ccc(Sc2ccc(NS(=O)(=O)c3ccccc3)cc2)nc1. The second-order valence-corrected chi connectivity index (χ2v) is 9.49. The van der Waals surface area contributed by atoms with E-state index in [1.54, 1.807) is 60.8 Å². The number of sulfonamides is 1. The van der Waals surface area contributed by atoms with Crippen molar-refractivity contribution in [3.05, 3.63) is 78.5 Å². The molecule has 3 aromatic rings. The van der Waals surface area contributed by atoms with Crippen LogP contribution in [0.5, 0.6) is 0 Å². The van der Waals surface area contributed by atoms with Crippen molar-refractivity contribution in [2.24, 2.45) is 0 Å². The Morgan fingerprint density at radius 1 is 1.03 bits per heavy atom. The van der Waals surface area contributed by atoms with Crippen LogP contribution >= 0.6 is 11.8 Å². The number of nitrogens with zero attached hydrogens (tertiary/aromatic N) is 1. The molecule has 8 heteroatoms. The monoisotopic (exact) mass is 441 g/mol. The Labute approximate surface area is 181 Å². The highest BCUT2D eigenvalue weighted by molar-refractivity contribution is 7.99. The van der Waals surface area contributed by atoms with Gasteiger partial charge < -0.3 is 5.32 Å². The van der Waals surface area contributed by atoms with Crippen LogP contribution in [0.2, 0.25) is 0 Å². The molecule has 0 aliphatic carbocycles. The Balaban J connectivity index is 1.62. The van der Waals surface area contributed by atoms with Crippen LogP contribution in [0.15, 0.2) is 87.7 Å². The van der Waals surface area contributed by atoms with Gasteiger partial charge in [0.25, 0.3) is 15.9 Å². The normalized spacial score (nSPS) is 12.2. The predicted octanol–water partition coefficient (Wildman–Crippen LogP) is 4.56. The minimum absolute atomic E-state index is 0.115. The second-order valence-electron chi connectivity index (χ2n) is 6.71. The molecular formula is C22H23N3O3S2. The maximum atomic E-state index is 12.4. The molecule has 1 heterocycles. The van der Waals surface area contributed by atoms with Crippen molar-refractivity contribution in [2.45, 2.75) is 41.1 Å². The first-order chi connectivity index (χ1) is 14.4. The lowest BCUT2D eigenvalue weighted by Crippen LogP contribution is -2.31. The van der Waals surface area contributed by atoms with E-state index in [9.17, 15) is 13.2 Å². The van der Waals surface area contributed by atoms with E-state index < -0.39 is 10.0 Å². The summed E-state index contributed by atoms with van der Waals surface area (Å²) >= 11 is 1.43. The van der Waals surface area contributed by atoms with Crippen LogP contribution in [0.4, 0.5) is 5.69 Å². The van der Waals surface area contributed by atoms with Crippen LogP contribution in [0, 0.1) is 0 Å². The van der Waals surface area contributed by atoms with Crippen molar-refractivity contribution in [2.75, 3.05) is 4.72 Å². The molecule has 1 aromatic heterocycles. The van der Waals surface area contributed by atoms with E-state index in [0.29, 0.717) is 11.3 Å². The Hall–Kier alpha value is -2.84. The third-order valence-electron chi connectivity index (χ3n) is 4.37. The van der Waals surface area contributed by atoms with Crippen LogP contribution in [-0.2, 0) is 10.0 Å². The van der Waals surface area contributed by atoms with E-state index >= 15 is 0 Å². The van der Waals surface area contributed by atoms with Gasteiger partial charge in [-0.2, -0.15) is 0 Å². The summed E-state index contributed by atoms with van der Waals surface area (Å²) in [6, 6.07) is 18.9. The molecule has 0 saturated carbocycles. The predicted molar refractivity (Wildman–Crippen MR) is 119 cm³/mol. The number of pyridine rings is 1. The van der Waals surface area contributed by atoms with Crippen molar-refractivity contribution >= 4 is 33.4 Å². The highest BCUT2D eigenvalue weighted by Gasteiger charge is 2.13. The van der Waals surface area contributed by atoms with Gasteiger partial charge in [-0.05, 0) is 61.9 Å². The number of carbonyl (C=O) groups is 1. The zero-order valence-corrected chi connectivity index (χ0v) is 18.3. The summed E-state index contributed by atoms with van der Waals surface area (Å²) in [4.78, 5) is 17.6. The van der Waals surface area contributed by atoms with Gasteiger partial charge in [0.2, 0.25) is 0 Å². The maximum absolute atomic E-state index is 12.4. The molecule has 0 aliphatic rings. The molecule has 0 aliphatic heterocycles. The number of carbonyl (C=O) groups excluding carboxylic acids is 1. The molecule has 0 radical (unpaired) electrons. The summed E-state index contributed by atoms with van der Waals surface area (Å²) in [7, 11) is -3.62. The fraction of sp³-hybridized carbons (Fsp3) is 0.182. The van der Waals surface area contributed by atoms with Crippen molar-refractivity contribution in [3.8, 4) is 0 Å². The molecule has 1 atom stereocenters. The summed E-state index contributed by atoms with van der Waals surface area (Å²) in [5, 5.41) is 3.65. The Kier molecular flexibility index (Phi) is 7.12. The molecule has 0 bridgehead atoms. The second kappa shape index (κ2) is 9.77. The number of anilines is 1. The third kappa shape index (κ3) is 5.84. The van der Waals surface area contributed by atoms with Gasteiger partial charge in [0.15, 0.2) is 0 Å². The molecule has 0 fully saturated rings. The molecule has 156 valence electrons. The fourth-order valence-corrected chi connectivity index (χ4v) is 4.34. The molecule has 1 amide bonds. The molecule has 3 rings (SSSR count). The van der Waals surface area contributed by atoms with Gasteiger partial charge in [0.1, 0.15) is 5.03 Å². The Morgan fingerprint density at radius 3 is 2.33 bits per heavy atom. The molecular weight excluding hydrogens is 418 g/mol. The molecule has 2 N–H and O–H groups in total. The van der Waals surface area contributed by atoms with Crippen molar-refractivity contribution in [1.82, 2.24) is 10.3 Å². The largest absolute Gasteiger partial charge is 0.350 e. The van der Waals surface area contributed by atoms with Crippen LogP contribution in [0.1, 0.15) is 30.6 Å². The average molecular weight is 442 g/mol. The number of amides is 1. The lowest BCUT2D eigenvalue weighted by molar-refractivity contribution is 0.0939. The minimum atomic E-state index is -3.62. The molecule has 6 nitrogen and oxygen atoms in total. The first-order valence-electron chi connectivity index (χ1n) is 9.50. The van der Waals surface area contributed by atoms with Gasteiger partial charge >= 0.3 is 0 Å². The molecule has 30 heavy (non-hydrogen) atoms. The van der Waals surface area contributed by atoms with Gasteiger partial charge in [-0.25, -0.2) is 13.4 Å². The van der Waals surface area contributed by atoms with E-state index in [-0.39, 0.29) is 16.8 Å². The number of hydrogen-bond acceptors (Lipinski definition) is 5. The Bertz CT molecular complexity index is 1080. The van der Waals surface area contributed by atoms with Gasteiger partial charge in [0, 0.05) is 22.8 Å². The molecule has 0 unspecified atom stereocenters. The first kappa shape index (κ1) is 21.9. The zero-order chi connectivity index (χ0) is 21.6. The van der Waals surface area contributed by atoms with Crippen LogP contribution < -0.4 is 10.0 Å². The van der Waals surface area contributed by atoms with E-state index in [0.717, 1.165) is 16.3 Å².